The maximum absolute atomic E-state index is 12.2. The zero-order valence-electron chi connectivity index (χ0n) is 12.1. The molecule has 0 heterocycles. The minimum Gasteiger partial charge on any atom is -0.355 e. The number of anilines is 1. The van der Waals surface area contributed by atoms with Crippen molar-refractivity contribution in [3.8, 4) is 0 Å². The van der Waals surface area contributed by atoms with Crippen LogP contribution in [0.3, 0.4) is 0 Å². The summed E-state index contributed by atoms with van der Waals surface area (Å²) >= 11 is 5.78. The summed E-state index contributed by atoms with van der Waals surface area (Å²) in [7, 11) is 0. The number of unbranched alkanes of at least 4 members (excludes halogenated alkanes) is 1. The van der Waals surface area contributed by atoms with E-state index in [4.69, 9.17) is 11.6 Å². The lowest BCUT2D eigenvalue weighted by Gasteiger charge is -2.22. The molecule has 0 aliphatic rings. The van der Waals surface area contributed by atoms with E-state index in [0.717, 1.165) is 12.8 Å². The first kappa shape index (κ1) is 16.5. The number of hydrogen-bond acceptors (Lipinski definition) is 2. The van der Waals surface area contributed by atoms with Gasteiger partial charge in [0.05, 0.1) is 0 Å². The van der Waals surface area contributed by atoms with Crippen LogP contribution in [-0.2, 0) is 9.59 Å². The summed E-state index contributed by atoms with van der Waals surface area (Å²) in [5, 5.41) is 6.10. The Bertz CT molecular complexity index is 469. The molecule has 0 spiro atoms. The molecule has 0 atom stereocenters. The highest BCUT2D eigenvalue weighted by molar-refractivity contribution is 6.30. The van der Waals surface area contributed by atoms with E-state index in [1.165, 1.54) is 0 Å². The van der Waals surface area contributed by atoms with Gasteiger partial charge in [0.1, 0.15) is 5.41 Å². The first-order valence-corrected chi connectivity index (χ1v) is 7.11. The van der Waals surface area contributed by atoms with Crippen LogP contribution in [0.1, 0.15) is 33.6 Å². The zero-order valence-corrected chi connectivity index (χ0v) is 12.9. The standard InChI is InChI=1S/C15H21ClN2O2/c1-4-5-10-17-13(19)15(2,3)14(20)18-12-8-6-11(16)7-9-12/h6-9H,4-5,10H2,1-3H3,(H,17,19)(H,18,20). The third-order valence-electron chi connectivity index (χ3n) is 3.05. The Kier molecular flexibility index (Phi) is 6.02. The third kappa shape index (κ3) is 4.53. The molecule has 0 aromatic heterocycles. The predicted molar refractivity (Wildman–Crippen MR) is 81.8 cm³/mol. The summed E-state index contributed by atoms with van der Waals surface area (Å²) in [6.45, 7) is 5.86. The number of carbonyl (C=O) groups excluding carboxylic acids is 2. The molecule has 0 radical (unpaired) electrons. The number of halogens is 1. The van der Waals surface area contributed by atoms with E-state index < -0.39 is 5.41 Å². The largest absolute Gasteiger partial charge is 0.355 e. The molecule has 1 aromatic rings. The maximum Gasteiger partial charge on any atom is 0.239 e. The van der Waals surface area contributed by atoms with Gasteiger partial charge in [-0.15, -0.1) is 0 Å². The van der Waals surface area contributed by atoms with Crippen LogP contribution in [0.15, 0.2) is 24.3 Å². The summed E-state index contributed by atoms with van der Waals surface area (Å²) in [5.74, 6) is -0.605. The predicted octanol–water partition coefficient (Wildman–Crippen LogP) is 3.22. The van der Waals surface area contributed by atoms with Crippen molar-refractivity contribution in [2.24, 2.45) is 5.41 Å². The van der Waals surface area contributed by atoms with E-state index in [0.29, 0.717) is 17.3 Å². The van der Waals surface area contributed by atoms with Crippen LogP contribution in [0.4, 0.5) is 5.69 Å². The molecule has 0 unspecified atom stereocenters. The van der Waals surface area contributed by atoms with Crippen LogP contribution in [0.2, 0.25) is 5.02 Å². The normalized spacial score (nSPS) is 11.0. The van der Waals surface area contributed by atoms with Gasteiger partial charge in [0, 0.05) is 17.3 Å². The van der Waals surface area contributed by atoms with E-state index in [2.05, 4.69) is 10.6 Å². The molecular weight excluding hydrogens is 276 g/mol. The summed E-state index contributed by atoms with van der Waals surface area (Å²) < 4.78 is 0. The molecule has 0 saturated heterocycles. The monoisotopic (exact) mass is 296 g/mol. The Morgan fingerprint density at radius 1 is 1.15 bits per heavy atom. The topological polar surface area (TPSA) is 58.2 Å². The summed E-state index contributed by atoms with van der Waals surface area (Å²) in [5.41, 5.74) is -0.498. The van der Waals surface area contributed by atoms with Gasteiger partial charge in [-0.05, 0) is 44.5 Å². The van der Waals surface area contributed by atoms with Gasteiger partial charge in [-0.3, -0.25) is 9.59 Å². The quantitative estimate of drug-likeness (QED) is 0.625. The molecule has 4 nitrogen and oxygen atoms in total. The van der Waals surface area contributed by atoms with Crippen LogP contribution in [0.5, 0.6) is 0 Å². The fraction of sp³-hybridized carbons (Fsp3) is 0.467. The molecule has 110 valence electrons. The maximum atomic E-state index is 12.2. The number of benzene rings is 1. The highest BCUT2D eigenvalue weighted by Gasteiger charge is 2.35. The summed E-state index contributed by atoms with van der Waals surface area (Å²) in [6.07, 6.45) is 1.90. The highest BCUT2D eigenvalue weighted by Crippen LogP contribution is 2.20. The molecule has 0 bridgehead atoms. The molecule has 5 heteroatoms. The molecule has 0 saturated carbocycles. The lowest BCUT2D eigenvalue weighted by atomic mass is 9.91. The highest BCUT2D eigenvalue weighted by atomic mass is 35.5. The van der Waals surface area contributed by atoms with Gasteiger partial charge < -0.3 is 10.6 Å². The Morgan fingerprint density at radius 2 is 1.75 bits per heavy atom. The van der Waals surface area contributed by atoms with E-state index in [9.17, 15) is 9.59 Å². The van der Waals surface area contributed by atoms with E-state index in [-0.39, 0.29) is 11.8 Å². The van der Waals surface area contributed by atoms with E-state index in [1.807, 2.05) is 6.92 Å². The van der Waals surface area contributed by atoms with Crippen molar-refractivity contribution in [2.45, 2.75) is 33.6 Å². The second-order valence-electron chi connectivity index (χ2n) is 5.20. The van der Waals surface area contributed by atoms with Gasteiger partial charge in [0.25, 0.3) is 0 Å². The van der Waals surface area contributed by atoms with Gasteiger partial charge in [-0.25, -0.2) is 0 Å². The van der Waals surface area contributed by atoms with Crippen molar-refractivity contribution in [1.82, 2.24) is 5.32 Å². The van der Waals surface area contributed by atoms with Gasteiger partial charge >= 0.3 is 0 Å². The zero-order chi connectivity index (χ0) is 15.2. The SMILES string of the molecule is CCCCNC(=O)C(C)(C)C(=O)Nc1ccc(Cl)cc1. The van der Waals surface area contributed by atoms with Crippen LogP contribution >= 0.6 is 11.6 Å². The summed E-state index contributed by atoms with van der Waals surface area (Å²) in [4.78, 5) is 24.2. The number of rotatable bonds is 6. The van der Waals surface area contributed by atoms with Gasteiger partial charge in [0.15, 0.2) is 0 Å². The molecule has 1 rings (SSSR count). The molecule has 0 aliphatic heterocycles. The average Bonchev–Trinajstić information content (AvgIpc) is 2.41. The fourth-order valence-corrected chi connectivity index (χ4v) is 1.65. The minimum atomic E-state index is -1.12. The van der Waals surface area contributed by atoms with Crippen LogP contribution in [0.25, 0.3) is 0 Å². The number of carbonyl (C=O) groups is 2. The van der Waals surface area contributed by atoms with Crippen molar-refractivity contribution >= 4 is 29.1 Å². The number of amides is 2. The average molecular weight is 297 g/mol. The second-order valence-corrected chi connectivity index (χ2v) is 5.63. The third-order valence-corrected chi connectivity index (χ3v) is 3.31. The van der Waals surface area contributed by atoms with Crippen molar-refractivity contribution in [1.29, 1.82) is 0 Å². The van der Waals surface area contributed by atoms with Crippen molar-refractivity contribution in [2.75, 3.05) is 11.9 Å². The molecule has 0 fully saturated rings. The first-order valence-electron chi connectivity index (χ1n) is 6.73. The summed E-state index contributed by atoms with van der Waals surface area (Å²) in [6, 6.07) is 6.77. The Balaban J connectivity index is 2.64. The Labute approximate surface area is 124 Å². The minimum absolute atomic E-state index is 0.266. The lowest BCUT2D eigenvalue weighted by molar-refractivity contribution is -0.138. The van der Waals surface area contributed by atoms with Crippen molar-refractivity contribution < 1.29 is 9.59 Å². The van der Waals surface area contributed by atoms with Crippen LogP contribution in [-0.4, -0.2) is 18.4 Å². The molecular formula is C15H21ClN2O2. The van der Waals surface area contributed by atoms with E-state index >= 15 is 0 Å². The number of nitrogens with one attached hydrogen (secondary N) is 2. The molecule has 20 heavy (non-hydrogen) atoms. The van der Waals surface area contributed by atoms with Gasteiger partial charge in [0.2, 0.25) is 11.8 Å². The van der Waals surface area contributed by atoms with Crippen molar-refractivity contribution in [3.63, 3.8) is 0 Å². The Morgan fingerprint density at radius 3 is 2.30 bits per heavy atom. The second kappa shape index (κ2) is 7.29. The molecule has 1 aromatic carbocycles. The Hall–Kier alpha value is -1.55. The van der Waals surface area contributed by atoms with Crippen LogP contribution < -0.4 is 10.6 Å². The molecule has 2 amide bonds. The number of hydrogen-bond donors (Lipinski definition) is 2. The first-order chi connectivity index (χ1) is 9.37. The smallest absolute Gasteiger partial charge is 0.239 e. The van der Waals surface area contributed by atoms with Gasteiger partial charge in [-0.2, -0.15) is 0 Å². The van der Waals surface area contributed by atoms with Gasteiger partial charge in [-0.1, -0.05) is 24.9 Å². The lowest BCUT2D eigenvalue weighted by Crippen LogP contribution is -2.45. The molecule has 2 N–H and O–H groups in total. The fourth-order valence-electron chi connectivity index (χ4n) is 1.52. The van der Waals surface area contributed by atoms with E-state index in [1.54, 1.807) is 38.1 Å². The molecule has 0 aliphatic carbocycles. The van der Waals surface area contributed by atoms with Crippen molar-refractivity contribution in [3.05, 3.63) is 29.3 Å². The van der Waals surface area contributed by atoms with Crippen LogP contribution in [0, 0.1) is 5.41 Å².